The Morgan fingerprint density at radius 2 is 1.83 bits per heavy atom. The summed E-state index contributed by atoms with van der Waals surface area (Å²) in [4.78, 5) is 27.1. The van der Waals surface area contributed by atoms with Crippen molar-refractivity contribution < 1.29 is 4.79 Å². The summed E-state index contributed by atoms with van der Waals surface area (Å²) >= 11 is 0. The molecular formula is C24H29N3O2. The topological polar surface area (TPSA) is 68.3 Å². The fraction of sp³-hybridized carbons (Fsp3) is 0.500. The van der Waals surface area contributed by atoms with Crippen LogP contribution < -0.4 is 11.3 Å². The van der Waals surface area contributed by atoms with E-state index in [4.69, 9.17) is 5.73 Å². The number of benzene rings is 1. The number of likely N-dealkylation sites (tertiary alicyclic amines) is 1. The Morgan fingerprint density at radius 1 is 1.07 bits per heavy atom. The molecule has 0 spiro atoms. The van der Waals surface area contributed by atoms with E-state index in [-0.39, 0.29) is 17.5 Å². The number of rotatable bonds is 3. The van der Waals surface area contributed by atoms with Crippen molar-refractivity contribution in [2.75, 3.05) is 13.1 Å². The molecule has 5 unspecified atom stereocenters. The number of hydrogen-bond acceptors (Lipinski definition) is 3. The molecule has 5 atom stereocenters. The van der Waals surface area contributed by atoms with Crippen LogP contribution in [0.2, 0.25) is 0 Å². The van der Waals surface area contributed by atoms with Crippen molar-refractivity contribution in [2.24, 2.45) is 24.6 Å². The van der Waals surface area contributed by atoms with Crippen LogP contribution in [0, 0.1) is 18.8 Å². The quantitative estimate of drug-likeness (QED) is 0.875. The van der Waals surface area contributed by atoms with Gasteiger partial charge in [-0.1, -0.05) is 12.1 Å². The number of nitrogens with two attached hydrogens (primary N) is 1. The Balaban J connectivity index is 1.28. The van der Waals surface area contributed by atoms with Gasteiger partial charge >= 0.3 is 0 Å². The van der Waals surface area contributed by atoms with E-state index in [1.165, 1.54) is 5.56 Å². The lowest BCUT2D eigenvalue weighted by Gasteiger charge is -2.19. The Bertz CT molecular complexity index is 1010. The maximum absolute atomic E-state index is 12.9. The van der Waals surface area contributed by atoms with Crippen molar-refractivity contribution in [1.29, 1.82) is 0 Å². The summed E-state index contributed by atoms with van der Waals surface area (Å²) in [5.41, 5.74) is 10.3. The van der Waals surface area contributed by atoms with E-state index in [0.29, 0.717) is 23.7 Å². The molecule has 1 aromatic carbocycles. The van der Waals surface area contributed by atoms with Gasteiger partial charge < -0.3 is 15.2 Å². The molecule has 0 radical (unpaired) electrons. The summed E-state index contributed by atoms with van der Waals surface area (Å²) in [6.45, 7) is 3.58. The Morgan fingerprint density at radius 3 is 2.55 bits per heavy atom. The second kappa shape index (κ2) is 6.84. The molecule has 1 aliphatic heterocycles. The van der Waals surface area contributed by atoms with E-state index in [1.54, 1.807) is 11.6 Å². The zero-order valence-electron chi connectivity index (χ0n) is 17.2. The van der Waals surface area contributed by atoms with Gasteiger partial charge in [0.25, 0.3) is 11.5 Å². The fourth-order valence-corrected chi connectivity index (χ4v) is 5.61. The molecule has 29 heavy (non-hydrogen) atoms. The van der Waals surface area contributed by atoms with Gasteiger partial charge in [-0.2, -0.15) is 0 Å². The summed E-state index contributed by atoms with van der Waals surface area (Å²) in [5, 5.41) is 0. The minimum Gasteiger partial charge on any atom is -0.338 e. The number of fused-ring (bicyclic) bond motifs is 1. The van der Waals surface area contributed by atoms with Gasteiger partial charge in [-0.05, 0) is 79.2 Å². The van der Waals surface area contributed by atoms with Gasteiger partial charge in [0.05, 0.1) is 0 Å². The molecular weight excluding hydrogens is 362 g/mol. The zero-order valence-corrected chi connectivity index (χ0v) is 17.2. The minimum absolute atomic E-state index is 0.0872. The Labute approximate surface area is 171 Å². The van der Waals surface area contributed by atoms with Gasteiger partial charge in [-0.15, -0.1) is 0 Å². The second-order valence-corrected chi connectivity index (χ2v) is 9.26. The number of amides is 1. The maximum Gasteiger partial charge on any atom is 0.253 e. The average molecular weight is 392 g/mol. The van der Waals surface area contributed by atoms with Gasteiger partial charge in [0.2, 0.25) is 0 Å². The lowest BCUT2D eigenvalue weighted by Crippen LogP contribution is -2.33. The summed E-state index contributed by atoms with van der Waals surface area (Å²) in [7, 11) is 1.79. The number of aryl methyl sites for hydroxylation is 1. The molecule has 5 heteroatoms. The molecule has 2 heterocycles. The zero-order chi connectivity index (χ0) is 20.3. The van der Waals surface area contributed by atoms with Crippen molar-refractivity contribution in [3.63, 3.8) is 0 Å². The third kappa shape index (κ3) is 3.12. The lowest BCUT2D eigenvalue weighted by atomic mass is 9.98. The van der Waals surface area contributed by atoms with Crippen LogP contribution in [0.4, 0.5) is 0 Å². The van der Waals surface area contributed by atoms with Crippen LogP contribution in [0.3, 0.4) is 0 Å². The molecule has 3 fully saturated rings. The van der Waals surface area contributed by atoms with Crippen LogP contribution in [-0.4, -0.2) is 34.5 Å². The monoisotopic (exact) mass is 391 g/mol. The molecule has 3 aliphatic rings. The van der Waals surface area contributed by atoms with Crippen LogP contribution in [0.25, 0.3) is 0 Å². The SMILES string of the molecule is Cc1c(C2CC2c2ccc(C(=O)N3CC4CCC(N)C4C3)cc2)ccn(C)c1=O. The van der Waals surface area contributed by atoms with Crippen molar-refractivity contribution >= 4 is 5.91 Å². The average Bonchev–Trinajstić information content (AvgIpc) is 3.27. The summed E-state index contributed by atoms with van der Waals surface area (Å²) in [6, 6.07) is 10.5. The van der Waals surface area contributed by atoms with Crippen LogP contribution in [0.5, 0.6) is 0 Å². The Kier molecular flexibility index (Phi) is 4.39. The molecule has 5 nitrogen and oxygen atoms in total. The Hall–Kier alpha value is -2.40. The molecule has 2 aliphatic carbocycles. The molecule has 2 N–H and O–H groups in total. The second-order valence-electron chi connectivity index (χ2n) is 9.26. The first-order valence-corrected chi connectivity index (χ1v) is 10.7. The first kappa shape index (κ1) is 18.6. The van der Waals surface area contributed by atoms with Crippen LogP contribution in [0.15, 0.2) is 41.3 Å². The first-order chi connectivity index (χ1) is 13.9. The maximum atomic E-state index is 12.9. The van der Waals surface area contributed by atoms with E-state index in [2.05, 4.69) is 18.2 Å². The number of pyridine rings is 1. The van der Waals surface area contributed by atoms with Gasteiger partial charge in [0.1, 0.15) is 0 Å². The highest BCUT2D eigenvalue weighted by Gasteiger charge is 2.43. The highest BCUT2D eigenvalue weighted by Crippen LogP contribution is 2.55. The lowest BCUT2D eigenvalue weighted by molar-refractivity contribution is 0.0779. The molecule has 2 saturated carbocycles. The number of aromatic nitrogens is 1. The van der Waals surface area contributed by atoms with E-state index < -0.39 is 0 Å². The molecule has 5 rings (SSSR count). The molecule has 1 amide bonds. The molecule has 1 saturated heterocycles. The predicted molar refractivity (Wildman–Crippen MR) is 113 cm³/mol. The standard InChI is InChI=1S/C24H29N3O2/c1-14-18(9-10-26(2)23(14)28)20-11-19(20)15-3-5-16(6-4-15)24(29)27-12-17-7-8-22(25)21(17)13-27/h3-6,9-10,17,19-22H,7-8,11-13,25H2,1-2H3. The van der Waals surface area contributed by atoms with Gasteiger partial charge in [-0.3, -0.25) is 9.59 Å². The van der Waals surface area contributed by atoms with Crippen molar-refractivity contribution in [1.82, 2.24) is 9.47 Å². The normalized spacial score (nSPS) is 30.4. The summed E-state index contributed by atoms with van der Waals surface area (Å²) in [5.74, 6) is 2.04. The number of carbonyl (C=O) groups excluding carboxylic acids is 1. The van der Waals surface area contributed by atoms with Gasteiger partial charge in [-0.25, -0.2) is 0 Å². The summed E-state index contributed by atoms with van der Waals surface area (Å²) < 4.78 is 1.63. The number of carbonyl (C=O) groups is 1. The van der Waals surface area contributed by atoms with Crippen molar-refractivity contribution in [3.8, 4) is 0 Å². The van der Waals surface area contributed by atoms with Crippen LogP contribution in [-0.2, 0) is 7.05 Å². The molecule has 2 aromatic rings. The summed E-state index contributed by atoms with van der Waals surface area (Å²) in [6.07, 6.45) is 5.18. The largest absolute Gasteiger partial charge is 0.338 e. The van der Waals surface area contributed by atoms with Crippen LogP contribution >= 0.6 is 0 Å². The van der Waals surface area contributed by atoms with E-state index in [0.717, 1.165) is 49.0 Å². The van der Waals surface area contributed by atoms with Gasteiger partial charge in [0, 0.05) is 43.5 Å². The smallest absolute Gasteiger partial charge is 0.253 e. The van der Waals surface area contributed by atoms with Crippen molar-refractivity contribution in [2.45, 2.75) is 44.1 Å². The number of hydrogen-bond donors (Lipinski definition) is 1. The fourth-order valence-electron chi connectivity index (χ4n) is 5.61. The van der Waals surface area contributed by atoms with Gasteiger partial charge in [0.15, 0.2) is 0 Å². The van der Waals surface area contributed by atoms with Crippen LogP contribution in [0.1, 0.15) is 58.1 Å². The predicted octanol–water partition coefficient (Wildman–Crippen LogP) is 2.77. The van der Waals surface area contributed by atoms with E-state index in [1.807, 2.05) is 30.2 Å². The van der Waals surface area contributed by atoms with Crippen molar-refractivity contribution in [3.05, 3.63) is 69.1 Å². The van der Waals surface area contributed by atoms with E-state index in [9.17, 15) is 9.59 Å². The minimum atomic E-state index is 0.0872. The molecule has 0 bridgehead atoms. The third-order valence-electron chi connectivity index (χ3n) is 7.53. The molecule has 1 aromatic heterocycles. The number of nitrogens with zero attached hydrogens (tertiary/aromatic N) is 2. The highest BCUT2D eigenvalue weighted by molar-refractivity contribution is 5.94. The third-order valence-corrected chi connectivity index (χ3v) is 7.53. The molecule has 152 valence electrons. The first-order valence-electron chi connectivity index (χ1n) is 10.7. The highest BCUT2D eigenvalue weighted by atomic mass is 16.2. The van der Waals surface area contributed by atoms with E-state index >= 15 is 0 Å².